The number of amides is 2. The Morgan fingerprint density at radius 3 is 2.70 bits per heavy atom. The highest BCUT2D eigenvalue weighted by Gasteiger charge is 2.24. The summed E-state index contributed by atoms with van der Waals surface area (Å²) in [6.45, 7) is 0.429. The van der Waals surface area contributed by atoms with E-state index >= 15 is 0 Å². The number of para-hydroxylation sites is 1. The van der Waals surface area contributed by atoms with E-state index in [9.17, 15) is 9.59 Å². The number of nitrogens with one attached hydrogen (secondary N) is 2. The fourth-order valence-corrected chi connectivity index (χ4v) is 2.98. The normalized spacial score (nSPS) is 16.3. The third-order valence-electron chi connectivity index (χ3n) is 4.00. The highest BCUT2D eigenvalue weighted by molar-refractivity contribution is 6.31. The Morgan fingerprint density at radius 1 is 1.19 bits per heavy atom. The van der Waals surface area contributed by atoms with E-state index in [1.54, 1.807) is 6.07 Å². The van der Waals surface area contributed by atoms with Crippen LogP contribution in [0.3, 0.4) is 0 Å². The second-order valence-electron chi connectivity index (χ2n) is 6.08. The van der Waals surface area contributed by atoms with Crippen molar-refractivity contribution in [3.8, 4) is 5.75 Å². The van der Waals surface area contributed by atoms with Crippen LogP contribution in [0.4, 0.5) is 0 Å². The van der Waals surface area contributed by atoms with Gasteiger partial charge in [0.2, 0.25) is 17.8 Å². The molecule has 1 aliphatic rings. The molecule has 2 aromatic carbocycles. The fraction of sp³-hybridized carbons (Fsp3) is 0.250. The topological polar surface area (TPSA) is 79.8 Å². The van der Waals surface area contributed by atoms with Crippen LogP contribution in [0.25, 0.3) is 0 Å². The summed E-state index contributed by atoms with van der Waals surface area (Å²) < 4.78 is 5.56. The van der Waals surface area contributed by atoms with E-state index in [4.69, 9.17) is 16.3 Å². The molecular formula is C20H20ClN3O3. The van der Waals surface area contributed by atoms with E-state index in [0.717, 1.165) is 11.3 Å². The zero-order chi connectivity index (χ0) is 19.1. The first-order valence-corrected chi connectivity index (χ1v) is 9.09. The minimum Gasteiger partial charge on any atom is -0.494 e. The molecule has 140 valence electrons. The van der Waals surface area contributed by atoms with Crippen LogP contribution in [0, 0.1) is 0 Å². The van der Waals surface area contributed by atoms with Crippen LogP contribution in [-0.2, 0) is 9.59 Å². The van der Waals surface area contributed by atoms with Gasteiger partial charge < -0.3 is 4.74 Å². The highest BCUT2D eigenvalue weighted by atomic mass is 35.5. The van der Waals surface area contributed by atoms with Crippen LogP contribution < -0.4 is 15.4 Å². The molecule has 1 heterocycles. The summed E-state index contributed by atoms with van der Waals surface area (Å²) in [6.07, 6.45) is 1.00. The maximum atomic E-state index is 12.1. The Balaban J connectivity index is 1.52. The van der Waals surface area contributed by atoms with Gasteiger partial charge in [0.25, 0.3) is 0 Å². The van der Waals surface area contributed by atoms with Crippen molar-refractivity contribution in [2.75, 3.05) is 6.61 Å². The molecule has 0 fully saturated rings. The third kappa shape index (κ3) is 5.56. The number of hydrogen-bond donors (Lipinski definition) is 2. The number of halogens is 1. The van der Waals surface area contributed by atoms with Gasteiger partial charge in [0.1, 0.15) is 5.75 Å². The van der Waals surface area contributed by atoms with Gasteiger partial charge in [-0.15, -0.1) is 0 Å². The van der Waals surface area contributed by atoms with Crippen molar-refractivity contribution >= 4 is 29.4 Å². The predicted octanol–water partition coefficient (Wildman–Crippen LogP) is 3.23. The van der Waals surface area contributed by atoms with Gasteiger partial charge in [-0.05, 0) is 30.2 Å². The lowest BCUT2D eigenvalue weighted by Gasteiger charge is -2.22. The summed E-state index contributed by atoms with van der Waals surface area (Å²) in [5, 5.41) is 5.78. The second kappa shape index (κ2) is 9.19. The van der Waals surface area contributed by atoms with Crippen molar-refractivity contribution in [3.63, 3.8) is 0 Å². The summed E-state index contributed by atoms with van der Waals surface area (Å²) in [6, 6.07) is 16.2. The van der Waals surface area contributed by atoms with E-state index < -0.39 is 6.04 Å². The van der Waals surface area contributed by atoms with E-state index in [1.807, 2.05) is 48.5 Å². The Morgan fingerprint density at radius 2 is 1.93 bits per heavy atom. The van der Waals surface area contributed by atoms with Gasteiger partial charge in [0.05, 0.1) is 19.1 Å². The minimum absolute atomic E-state index is 0.158. The molecule has 0 saturated heterocycles. The Labute approximate surface area is 162 Å². The van der Waals surface area contributed by atoms with Gasteiger partial charge in [0, 0.05) is 11.4 Å². The monoisotopic (exact) mass is 385 g/mol. The molecule has 0 unspecified atom stereocenters. The van der Waals surface area contributed by atoms with Gasteiger partial charge in [-0.2, -0.15) is 0 Å². The molecule has 0 bridgehead atoms. The zero-order valence-electron chi connectivity index (χ0n) is 14.7. The van der Waals surface area contributed by atoms with Crippen LogP contribution in [0.15, 0.2) is 59.6 Å². The van der Waals surface area contributed by atoms with Gasteiger partial charge in [0.15, 0.2) is 0 Å². The maximum Gasteiger partial charge on any atom is 0.229 e. The smallest absolute Gasteiger partial charge is 0.229 e. The number of ether oxygens (including phenoxy) is 1. The fourth-order valence-electron chi connectivity index (χ4n) is 2.71. The first-order valence-electron chi connectivity index (χ1n) is 8.71. The van der Waals surface area contributed by atoms with E-state index in [1.165, 1.54) is 0 Å². The van der Waals surface area contributed by atoms with Crippen molar-refractivity contribution in [1.29, 1.82) is 0 Å². The molecule has 0 aromatic heterocycles. The molecule has 2 amide bonds. The molecule has 0 spiro atoms. The quantitative estimate of drug-likeness (QED) is 0.749. The van der Waals surface area contributed by atoms with Crippen LogP contribution in [0.2, 0.25) is 5.02 Å². The minimum atomic E-state index is -0.413. The summed E-state index contributed by atoms with van der Waals surface area (Å²) in [4.78, 5) is 28.5. The number of hydrogen-bond acceptors (Lipinski definition) is 4. The molecular weight excluding hydrogens is 366 g/mol. The lowest BCUT2D eigenvalue weighted by Crippen LogP contribution is -2.47. The molecule has 3 rings (SSSR count). The van der Waals surface area contributed by atoms with Crippen LogP contribution >= 0.6 is 11.6 Å². The Kier molecular flexibility index (Phi) is 6.44. The summed E-state index contributed by atoms with van der Waals surface area (Å²) >= 11 is 6.19. The number of nitrogens with zero attached hydrogens (tertiary/aromatic N) is 1. The van der Waals surface area contributed by atoms with Crippen molar-refractivity contribution in [1.82, 2.24) is 10.6 Å². The summed E-state index contributed by atoms with van der Waals surface area (Å²) in [5.41, 5.74) is 0.761. The largest absolute Gasteiger partial charge is 0.494 e. The SMILES string of the molecule is O=C(CCCOc1ccccc1)NC1=N[C@@H](c2ccccc2Cl)CC(=O)N1. The average molecular weight is 386 g/mol. The first-order chi connectivity index (χ1) is 13.1. The van der Waals surface area contributed by atoms with E-state index in [2.05, 4.69) is 15.6 Å². The molecule has 6 nitrogen and oxygen atoms in total. The van der Waals surface area contributed by atoms with Crippen LogP contribution in [-0.4, -0.2) is 24.4 Å². The standard InChI is InChI=1S/C20H20ClN3O3/c21-16-10-5-4-9-15(16)17-13-19(26)24-20(22-17)23-18(25)11-6-12-27-14-7-2-1-3-8-14/h1-5,7-10,17H,6,11-13H2,(H2,22,23,24,25,26)/t17-/m1/s1. The molecule has 0 aliphatic carbocycles. The van der Waals surface area contributed by atoms with Gasteiger partial charge in [-0.25, -0.2) is 4.99 Å². The van der Waals surface area contributed by atoms with E-state index in [-0.39, 0.29) is 30.6 Å². The number of benzene rings is 2. The molecule has 0 radical (unpaired) electrons. The lowest BCUT2D eigenvalue weighted by molar-refractivity contribution is -0.120. The second-order valence-corrected chi connectivity index (χ2v) is 6.49. The number of carbonyl (C=O) groups excluding carboxylic acids is 2. The molecule has 27 heavy (non-hydrogen) atoms. The number of aliphatic imine (C=N–C) groups is 1. The molecule has 1 atom stereocenters. The van der Waals surface area contributed by atoms with Crippen molar-refractivity contribution < 1.29 is 14.3 Å². The Hall–Kier alpha value is -2.86. The van der Waals surface area contributed by atoms with Gasteiger partial charge in [-0.1, -0.05) is 48.0 Å². The third-order valence-corrected chi connectivity index (χ3v) is 4.35. The number of rotatable bonds is 6. The van der Waals surface area contributed by atoms with Gasteiger partial charge >= 0.3 is 0 Å². The highest BCUT2D eigenvalue weighted by Crippen LogP contribution is 2.29. The average Bonchev–Trinajstić information content (AvgIpc) is 2.66. The molecule has 2 aromatic rings. The molecule has 7 heteroatoms. The predicted molar refractivity (Wildman–Crippen MR) is 104 cm³/mol. The Bertz CT molecular complexity index is 839. The van der Waals surface area contributed by atoms with Crippen molar-refractivity contribution in [2.24, 2.45) is 4.99 Å². The molecule has 2 N–H and O–H groups in total. The number of guanidine groups is 1. The summed E-state index contributed by atoms with van der Waals surface area (Å²) in [5.74, 6) is 0.484. The van der Waals surface area contributed by atoms with Gasteiger partial charge in [-0.3, -0.25) is 20.2 Å². The summed E-state index contributed by atoms with van der Waals surface area (Å²) in [7, 11) is 0. The molecule has 0 saturated carbocycles. The van der Waals surface area contributed by atoms with Crippen LogP contribution in [0.5, 0.6) is 5.75 Å². The molecule has 1 aliphatic heterocycles. The lowest BCUT2D eigenvalue weighted by atomic mass is 10.0. The first kappa shape index (κ1) is 18.9. The van der Waals surface area contributed by atoms with Crippen LogP contribution in [0.1, 0.15) is 30.9 Å². The number of carbonyl (C=O) groups is 2. The van der Waals surface area contributed by atoms with Crippen molar-refractivity contribution in [3.05, 3.63) is 65.2 Å². The zero-order valence-corrected chi connectivity index (χ0v) is 15.4. The maximum absolute atomic E-state index is 12.1. The van der Waals surface area contributed by atoms with Crippen molar-refractivity contribution in [2.45, 2.75) is 25.3 Å². The van der Waals surface area contributed by atoms with E-state index in [0.29, 0.717) is 18.1 Å².